The van der Waals surface area contributed by atoms with Gasteiger partial charge in [-0.15, -0.1) is 0 Å². The number of nitrogens with one attached hydrogen (secondary N) is 1. The standard InChI is InChI=1S/C12H13N3O/c1-2-9(1)15-8-12-10(3-6-16-12)11-7-13-4-5-14-11/h3-7,9,15H,1-2,8H2. The molecule has 0 radical (unpaired) electrons. The SMILES string of the molecule is c1cnc(-c2ccoc2CNC2CC2)cn1. The summed E-state index contributed by atoms with van der Waals surface area (Å²) in [6, 6.07) is 2.62. The van der Waals surface area contributed by atoms with E-state index < -0.39 is 0 Å². The van der Waals surface area contributed by atoms with E-state index in [4.69, 9.17) is 4.42 Å². The van der Waals surface area contributed by atoms with Crippen LogP contribution in [0.15, 0.2) is 35.3 Å². The highest BCUT2D eigenvalue weighted by Gasteiger charge is 2.21. The Morgan fingerprint density at radius 2 is 2.31 bits per heavy atom. The average Bonchev–Trinajstić information content (AvgIpc) is 3.05. The molecule has 82 valence electrons. The summed E-state index contributed by atoms with van der Waals surface area (Å²) in [4.78, 5) is 8.34. The van der Waals surface area contributed by atoms with Crippen molar-refractivity contribution in [2.24, 2.45) is 0 Å². The summed E-state index contributed by atoms with van der Waals surface area (Å²) in [7, 11) is 0. The van der Waals surface area contributed by atoms with Gasteiger partial charge in [0.25, 0.3) is 0 Å². The van der Waals surface area contributed by atoms with Crippen molar-refractivity contribution >= 4 is 0 Å². The van der Waals surface area contributed by atoms with Crippen LogP contribution in [0.5, 0.6) is 0 Å². The van der Waals surface area contributed by atoms with Crippen molar-refractivity contribution in [3.63, 3.8) is 0 Å². The van der Waals surface area contributed by atoms with Gasteiger partial charge in [-0.3, -0.25) is 9.97 Å². The molecular formula is C12H13N3O. The first kappa shape index (κ1) is 9.54. The molecule has 1 fully saturated rings. The van der Waals surface area contributed by atoms with Gasteiger partial charge in [-0.1, -0.05) is 0 Å². The van der Waals surface area contributed by atoms with Crippen molar-refractivity contribution in [3.8, 4) is 11.3 Å². The highest BCUT2D eigenvalue weighted by Crippen LogP contribution is 2.24. The molecule has 2 aromatic heterocycles. The van der Waals surface area contributed by atoms with E-state index in [0.717, 1.165) is 23.6 Å². The molecule has 0 unspecified atom stereocenters. The van der Waals surface area contributed by atoms with E-state index in [9.17, 15) is 0 Å². The molecule has 0 amide bonds. The zero-order valence-corrected chi connectivity index (χ0v) is 8.89. The van der Waals surface area contributed by atoms with E-state index in [1.54, 1.807) is 24.9 Å². The van der Waals surface area contributed by atoms with Gasteiger partial charge < -0.3 is 9.73 Å². The topological polar surface area (TPSA) is 51.0 Å². The van der Waals surface area contributed by atoms with E-state index in [1.165, 1.54) is 12.8 Å². The molecule has 1 saturated carbocycles. The molecule has 16 heavy (non-hydrogen) atoms. The highest BCUT2D eigenvalue weighted by molar-refractivity contribution is 5.59. The second-order valence-electron chi connectivity index (χ2n) is 4.00. The lowest BCUT2D eigenvalue weighted by Crippen LogP contribution is -2.15. The largest absolute Gasteiger partial charge is 0.467 e. The lowest BCUT2D eigenvalue weighted by molar-refractivity contribution is 0.483. The summed E-state index contributed by atoms with van der Waals surface area (Å²) in [5, 5.41) is 3.43. The van der Waals surface area contributed by atoms with Gasteiger partial charge in [0, 0.05) is 24.0 Å². The molecule has 0 atom stereocenters. The predicted octanol–water partition coefficient (Wildman–Crippen LogP) is 1.99. The number of hydrogen-bond acceptors (Lipinski definition) is 4. The molecule has 1 aliphatic rings. The van der Waals surface area contributed by atoms with E-state index >= 15 is 0 Å². The molecule has 1 N–H and O–H groups in total. The summed E-state index contributed by atoms with van der Waals surface area (Å²) in [6.45, 7) is 0.767. The van der Waals surface area contributed by atoms with Crippen molar-refractivity contribution in [3.05, 3.63) is 36.7 Å². The molecule has 3 rings (SSSR count). The van der Waals surface area contributed by atoms with Crippen LogP contribution in [0.4, 0.5) is 0 Å². The van der Waals surface area contributed by atoms with E-state index in [2.05, 4.69) is 15.3 Å². The molecule has 2 heterocycles. The first-order chi connectivity index (χ1) is 7.93. The van der Waals surface area contributed by atoms with Crippen LogP contribution in [-0.2, 0) is 6.54 Å². The van der Waals surface area contributed by atoms with Crippen LogP contribution in [-0.4, -0.2) is 16.0 Å². The Morgan fingerprint density at radius 1 is 1.38 bits per heavy atom. The van der Waals surface area contributed by atoms with E-state index in [-0.39, 0.29) is 0 Å². The first-order valence-electron chi connectivity index (χ1n) is 5.49. The van der Waals surface area contributed by atoms with Gasteiger partial charge in [0.1, 0.15) is 5.76 Å². The summed E-state index contributed by atoms with van der Waals surface area (Å²) >= 11 is 0. The minimum atomic E-state index is 0.680. The summed E-state index contributed by atoms with van der Waals surface area (Å²) < 4.78 is 5.47. The third-order valence-corrected chi connectivity index (χ3v) is 2.71. The van der Waals surface area contributed by atoms with Crippen LogP contribution in [0.25, 0.3) is 11.3 Å². The fraction of sp³-hybridized carbons (Fsp3) is 0.333. The molecule has 4 nitrogen and oxygen atoms in total. The Kier molecular flexibility index (Phi) is 2.42. The van der Waals surface area contributed by atoms with Crippen LogP contribution in [0, 0.1) is 0 Å². The van der Waals surface area contributed by atoms with Crippen molar-refractivity contribution in [2.45, 2.75) is 25.4 Å². The molecule has 1 aliphatic carbocycles. The fourth-order valence-electron chi connectivity index (χ4n) is 1.67. The molecule has 2 aromatic rings. The van der Waals surface area contributed by atoms with Crippen LogP contribution < -0.4 is 5.32 Å². The molecular weight excluding hydrogens is 202 g/mol. The second kappa shape index (κ2) is 4.06. The molecule has 0 saturated heterocycles. The molecule has 0 spiro atoms. The lowest BCUT2D eigenvalue weighted by atomic mass is 10.2. The van der Waals surface area contributed by atoms with Crippen molar-refractivity contribution in [1.82, 2.24) is 15.3 Å². The Bertz CT molecular complexity index is 462. The number of furan rings is 1. The van der Waals surface area contributed by atoms with E-state index in [1.807, 2.05) is 6.07 Å². The Labute approximate surface area is 93.7 Å². The summed E-state index contributed by atoms with van der Waals surface area (Å²) in [5.41, 5.74) is 1.89. The maximum Gasteiger partial charge on any atom is 0.126 e. The Hall–Kier alpha value is -1.68. The number of hydrogen-bond donors (Lipinski definition) is 1. The zero-order valence-electron chi connectivity index (χ0n) is 8.89. The minimum Gasteiger partial charge on any atom is -0.467 e. The molecule has 0 bridgehead atoms. The van der Waals surface area contributed by atoms with Gasteiger partial charge in [0.05, 0.1) is 24.7 Å². The van der Waals surface area contributed by atoms with Gasteiger partial charge in [-0.05, 0) is 18.9 Å². The van der Waals surface area contributed by atoms with Crippen molar-refractivity contribution in [2.75, 3.05) is 0 Å². The minimum absolute atomic E-state index is 0.680. The van der Waals surface area contributed by atoms with Crippen LogP contribution in [0.3, 0.4) is 0 Å². The van der Waals surface area contributed by atoms with Crippen LogP contribution >= 0.6 is 0 Å². The normalized spacial score (nSPS) is 15.2. The third-order valence-electron chi connectivity index (χ3n) is 2.71. The fourth-order valence-corrected chi connectivity index (χ4v) is 1.67. The second-order valence-corrected chi connectivity index (χ2v) is 4.00. The van der Waals surface area contributed by atoms with Gasteiger partial charge in [0.2, 0.25) is 0 Å². The molecule has 4 heteroatoms. The number of nitrogens with zero attached hydrogens (tertiary/aromatic N) is 2. The monoisotopic (exact) mass is 215 g/mol. The molecule has 0 aliphatic heterocycles. The zero-order chi connectivity index (χ0) is 10.8. The Morgan fingerprint density at radius 3 is 3.06 bits per heavy atom. The summed E-state index contributed by atoms with van der Waals surface area (Å²) in [6.07, 6.45) is 9.38. The highest BCUT2D eigenvalue weighted by atomic mass is 16.3. The van der Waals surface area contributed by atoms with Crippen molar-refractivity contribution in [1.29, 1.82) is 0 Å². The van der Waals surface area contributed by atoms with Crippen LogP contribution in [0.2, 0.25) is 0 Å². The third kappa shape index (κ3) is 1.97. The van der Waals surface area contributed by atoms with Gasteiger partial charge in [0.15, 0.2) is 0 Å². The maximum absolute atomic E-state index is 5.47. The smallest absolute Gasteiger partial charge is 0.126 e. The number of aromatic nitrogens is 2. The maximum atomic E-state index is 5.47. The van der Waals surface area contributed by atoms with Crippen LogP contribution in [0.1, 0.15) is 18.6 Å². The van der Waals surface area contributed by atoms with E-state index in [0.29, 0.717) is 6.04 Å². The predicted molar refractivity (Wildman–Crippen MR) is 59.6 cm³/mol. The van der Waals surface area contributed by atoms with Gasteiger partial charge >= 0.3 is 0 Å². The average molecular weight is 215 g/mol. The Balaban J connectivity index is 1.81. The van der Waals surface area contributed by atoms with Gasteiger partial charge in [-0.2, -0.15) is 0 Å². The molecule has 0 aromatic carbocycles. The van der Waals surface area contributed by atoms with Gasteiger partial charge in [-0.25, -0.2) is 0 Å². The van der Waals surface area contributed by atoms with Crippen molar-refractivity contribution < 1.29 is 4.42 Å². The first-order valence-corrected chi connectivity index (χ1v) is 5.49. The lowest BCUT2D eigenvalue weighted by Gasteiger charge is -2.02. The summed E-state index contributed by atoms with van der Waals surface area (Å²) in [5.74, 6) is 0.937. The quantitative estimate of drug-likeness (QED) is 0.847. The number of rotatable bonds is 4.